The number of hydrogen-bond donors (Lipinski definition) is 0. The number of rotatable bonds is 4. The van der Waals surface area contributed by atoms with E-state index in [9.17, 15) is 0 Å². The van der Waals surface area contributed by atoms with Crippen LogP contribution in [0.4, 0.5) is 0 Å². The summed E-state index contributed by atoms with van der Waals surface area (Å²) in [6.07, 6.45) is 0. The van der Waals surface area contributed by atoms with Gasteiger partial charge in [0.25, 0.3) is 0 Å². The van der Waals surface area contributed by atoms with Crippen molar-refractivity contribution in [1.29, 1.82) is 0 Å². The van der Waals surface area contributed by atoms with Crippen molar-refractivity contribution in [3.8, 4) is 45.3 Å². The Labute approximate surface area is 259 Å². The molecule has 9 rings (SSSR count). The highest BCUT2D eigenvalue weighted by Gasteiger charge is 2.18. The molecule has 0 aliphatic carbocycles. The molecule has 7 aromatic carbocycles. The fourth-order valence-corrected chi connectivity index (χ4v) is 6.27. The molecule has 0 bridgehead atoms. The summed E-state index contributed by atoms with van der Waals surface area (Å²) in [5, 5.41) is 6.79. The average Bonchev–Trinajstić information content (AvgIpc) is 3.50. The first-order valence-corrected chi connectivity index (χ1v) is 15.0. The summed E-state index contributed by atoms with van der Waals surface area (Å²) >= 11 is 0. The van der Waals surface area contributed by atoms with E-state index in [1.807, 2.05) is 72.8 Å². The van der Waals surface area contributed by atoms with Crippen LogP contribution in [0.2, 0.25) is 0 Å². The molecule has 0 unspecified atom stereocenters. The molecule has 0 aliphatic heterocycles. The summed E-state index contributed by atoms with van der Waals surface area (Å²) in [4.78, 5) is 14.8. The highest BCUT2D eigenvalue weighted by molar-refractivity contribution is 6.19. The van der Waals surface area contributed by atoms with E-state index in [-0.39, 0.29) is 0 Å². The van der Waals surface area contributed by atoms with E-state index < -0.39 is 0 Å². The lowest BCUT2D eigenvalue weighted by atomic mass is 9.94. The van der Waals surface area contributed by atoms with Crippen LogP contribution in [-0.2, 0) is 0 Å². The van der Waals surface area contributed by atoms with Crippen LogP contribution in [0.15, 0.2) is 156 Å². The summed E-state index contributed by atoms with van der Waals surface area (Å²) < 4.78 is 6.55. The fourth-order valence-electron chi connectivity index (χ4n) is 6.27. The van der Waals surface area contributed by atoms with Gasteiger partial charge in [0.05, 0.1) is 0 Å². The van der Waals surface area contributed by atoms with Gasteiger partial charge in [-0.25, -0.2) is 15.0 Å². The van der Waals surface area contributed by atoms with Gasteiger partial charge >= 0.3 is 0 Å². The Morgan fingerprint density at radius 1 is 0.356 bits per heavy atom. The Morgan fingerprint density at radius 3 is 1.64 bits per heavy atom. The summed E-state index contributed by atoms with van der Waals surface area (Å²) in [5.74, 6) is 1.90. The number of hydrogen-bond acceptors (Lipinski definition) is 4. The molecule has 0 fully saturated rings. The number of fused-ring (bicyclic) bond motifs is 6. The lowest BCUT2D eigenvalue weighted by molar-refractivity contribution is 0.672. The van der Waals surface area contributed by atoms with Gasteiger partial charge in [0, 0.05) is 32.8 Å². The molecule has 4 heteroatoms. The van der Waals surface area contributed by atoms with E-state index >= 15 is 0 Å². The minimum atomic E-state index is 0.620. The third kappa shape index (κ3) is 4.35. The predicted octanol–water partition coefficient (Wildman–Crippen LogP) is 10.7. The maximum Gasteiger partial charge on any atom is 0.164 e. The van der Waals surface area contributed by atoms with E-state index in [0.717, 1.165) is 49.4 Å². The number of aromatic nitrogens is 3. The minimum Gasteiger partial charge on any atom is -0.455 e. The van der Waals surface area contributed by atoms with E-state index in [1.165, 1.54) is 21.9 Å². The molecule has 0 amide bonds. The van der Waals surface area contributed by atoms with Crippen molar-refractivity contribution in [3.63, 3.8) is 0 Å². The first kappa shape index (κ1) is 25.4. The van der Waals surface area contributed by atoms with Crippen LogP contribution < -0.4 is 0 Å². The summed E-state index contributed by atoms with van der Waals surface area (Å²) in [6.45, 7) is 0. The molecule has 210 valence electrons. The highest BCUT2D eigenvalue weighted by atomic mass is 16.3. The topological polar surface area (TPSA) is 51.8 Å². The molecule has 4 nitrogen and oxygen atoms in total. The molecular weight excluding hydrogens is 550 g/mol. The Bertz CT molecular complexity index is 2480. The van der Waals surface area contributed by atoms with Crippen LogP contribution in [0.25, 0.3) is 88.8 Å². The number of furan rings is 1. The normalized spacial score (nSPS) is 11.6. The van der Waals surface area contributed by atoms with Gasteiger partial charge in [0.15, 0.2) is 17.5 Å². The smallest absolute Gasteiger partial charge is 0.164 e. The molecular formula is C41H25N3O. The Kier molecular flexibility index (Phi) is 5.78. The number of nitrogens with zero attached hydrogens (tertiary/aromatic N) is 3. The zero-order valence-electron chi connectivity index (χ0n) is 24.2. The van der Waals surface area contributed by atoms with Crippen molar-refractivity contribution in [2.45, 2.75) is 0 Å². The first-order chi connectivity index (χ1) is 22.3. The molecule has 2 heterocycles. The lowest BCUT2D eigenvalue weighted by Crippen LogP contribution is -2.00. The van der Waals surface area contributed by atoms with Crippen molar-refractivity contribution in [1.82, 2.24) is 15.0 Å². The second-order valence-corrected chi connectivity index (χ2v) is 11.3. The zero-order chi connectivity index (χ0) is 29.7. The quantitative estimate of drug-likeness (QED) is 0.209. The second-order valence-electron chi connectivity index (χ2n) is 11.3. The molecule has 0 radical (unpaired) electrons. The monoisotopic (exact) mass is 575 g/mol. The van der Waals surface area contributed by atoms with Gasteiger partial charge in [-0.15, -0.1) is 0 Å². The Morgan fingerprint density at radius 2 is 0.933 bits per heavy atom. The maximum absolute atomic E-state index is 6.55. The van der Waals surface area contributed by atoms with Crippen LogP contribution >= 0.6 is 0 Å². The van der Waals surface area contributed by atoms with Crippen LogP contribution in [0.1, 0.15) is 0 Å². The summed E-state index contributed by atoms with van der Waals surface area (Å²) in [7, 11) is 0. The van der Waals surface area contributed by atoms with Crippen molar-refractivity contribution in [2.75, 3.05) is 0 Å². The molecule has 9 aromatic rings. The molecule has 0 saturated carbocycles. The van der Waals surface area contributed by atoms with Gasteiger partial charge in [0.2, 0.25) is 0 Å². The molecule has 45 heavy (non-hydrogen) atoms. The van der Waals surface area contributed by atoms with Gasteiger partial charge in [-0.05, 0) is 57.6 Å². The SMILES string of the molecule is c1ccc(-c2nc(-c3ccccc3)nc(-c3ccc4oc5c6ccccc6c(-c6ccc7ccccc7c6)cc5c4c3)n2)cc1. The zero-order valence-corrected chi connectivity index (χ0v) is 24.2. The third-order valence-electron chi connectivity index (χ3n) is 8.49. The second kappa shape index (κ2) is 10.2. The number of benzene rings is 7. The van der Waals surface area contributed by atoms with Crippen molar-refractivity contribution >= 4 is 43.5 Å². The van der Waals surface area contributed by atoms with Crippen molar-refractivity contribution in [2.24, 2.45) is 0 Å². The summed E-state index contributed by atoms with van der Waals surface area (Å²) in [6, 6.07) is 52.3. The summed E-state index contributed by atoms with van der Waals surface area (Å²) in [5.41, 5.74) is 6.86. The van der Waals surface area contributed by atoms with Crippen LogP contribution in [0.3, 0.4) is 0 Å². The van der Waals surface area contributed by atoms with E-state index in [1.54, 1.807) is 0 Å². The van der Waals surface area contributed by atoms with Gasteiger partial charge in [-0.1, -0.05) is 121 Å². The van der Waals surface area contributed by atoms with E-state index in [0.29, 0.717) is 17.5 Å². The van der Waals surface area contributed by atoms with Gasteiger partial charge in [-0.2, -0.15) is 0 Å². The van der Waals surface area contributed by atoms with Crippen LogP contribution in [0, 0.1) is 0 Å². The Hall–Kier alpha value is -6.13. The largest absolute Gasteiger partial charge is 0.455 e. The standard InChI is InChI=1S/C41H25N3O/c1-3-12-27(13-4-1)39-42-40(28-14-5-2-6-15-28)44-41(43-39)31-21-22-37-35(24-31)36-25-34(32-17-9-10-18-33(32)38(36)45-37)30-20-19-26-11-7-8-16-29(26)23-30/h1-25H. The lowest BCUT2D eigenvalue weighted by Gasteiger charge is -2.10. The van der Waals surface area contributed by atoms with E-state index in [2.05, 4.69) is 78.9 Å². The maximum atomic E-state index is 6.55. The van der Waals surface area contributed by atoms with Gasteiger partial charge < -0.3 is 4.42 Å². The fraction of sp³-hybridized carbons (Fsp3) is 0. The molecule has 0 N–H and O–H groups in total. The van der Waals surface area contributed by atoms with Crippen molar-refractivity contribution in [3.05, 3.63) is 152 Å². The first-order valence-electron chi connectivity index (χ1n) is 15.0. The van der Waals surface area contributed by atoms with E-state index in [4.69, 9.17) is 19.4 Å². The minimum absolute atomic E-state index is 0.620. The predicted molar refractivity (Wildman–Crippen MR) is 184 cm³/mol. The third-order valence-corrected chi connectivity index (χ3v) is 8.49. The van der Waals surface area contributed by atoms with Crippen LogP contribution in [0.5, 0.6) is 0 Å². The van der Waals surface area contributed by atoms with Crippen molar-refractivity contribution < 1.29 is 4.42 Å². The molecule has 0 aliphatic rings. The van der Waals surface area contributed by atoms with Gasteiger partial charge in [0.1, 0.15) is 11.2 Å². The molecule has 2 aromatic heterocycles. The van der Waals surface area contributed by atoms with Gasteiger partial charge in [-0.3, -0.25) is 0 Å². The molecule has 0 atom stereocenters. The average molecular weight is 576 g/mol. The van der Waals surface area contributed by atoms with Crippen LogP contribution in [-0.4, -0.2) is 15.0 Å². The Balaban J connectivity index is 1.27. The molecule has 0 saturated heterocycles. The highest BCUT2D eigenvalue weighted by Crippen LogP contribution is 2.41. The molecule has 0 spiro atoms.